The van der Waals surface area contributed by atoms with Crippen molar-refractivity contribution in [3.05, 3.63) is 85.0 Å². The molecule has 0 amide bonds. The third-order valence-electron chi connectivity index (χ3n) is 7.63. The summed E-state index contributed by atoms with van der Waals surface area (Å²) in [4.78, 5) is 20.2. The first kappa shape index (κ1) is 53.8. The van der Waals surface area contributed by atoms with Gasteiger partial charge in [0.25, 0.3) is 0 Å². The normalized spacial score (nSPS) is 13.6. The van der Waals surface area contributed by atoms with Crippen LogP contribution < -0.4 is 0 Å². The number of ether oxygens (including phenoxy) is 2. The summed E-state index contributed by atoms with van der Waals surface area (Å²) in [6.07, 6.45) is 1.98. The Morgan fingerprint density at radius 2 is 0.636 bits per heavy atom. The van der Waals surface area contributed by atoms with E-state index in [2.05, 4.69) is 115 Å². The van der Waals surface area contributed by atoms with Crippen molar-refractivity contribution in [2.75, 3.05) is 0 Å². The van der Waals surface area contributed by atoms with Crippen molar-refractivity contribution in [3.63, 3.8) is 0 Å². The van der Waals surface area contributed by atoms with E-state index < -0.39 is 68.0 Å². The fourth-order valence-electron chi connectivity index (χ4n) is 6.63. The molecule has 0 aliphatic rings. The summed E-state index contributed by atoms with van der Waals surface area (Å²) >= 11 is 0. The number of hydrogen-bond acceptors (Lipinski definition) is 10. The van der Waals surface area contributed by atoms with Crippen molar-refractivity contribution in [1.29, 1.82) is 0 Å². The number of aryl methyl sites for hydroxylation is 2. The number of rotatable bonds is 22. The first-order valence-corrected chi connectivity index (χ1v) is 42.0. The molecule has 2 rings (SSSR count). The van der Waals surface area contributed by atoms with Gasteiger partial charge in [0, 0.05) is 13.2 Å². The van der Waals surface area contributed by atoms with E-state index in [1.165, 1.54) is 11.1 Å². The van der Waals surface area contributed by atoms with Gasteiger partial charge < -0.3 is 43.8 Å². The third kappa shape index (κ3) is 25.7. The molecule has 0 spiro atoms. The van der Waals surface area contributed by atoms with E-state index in [9.17, 15) is 9.59 Å². The molecule has 19 heteroatoms. The monoisotopic (exact) mass is 1160 g/mol. The predicted octanol–water partition coefficient (Wildman–Crippen LogP) is 9.78. The minimum absolute atomic E-state index is 0. The van der Waals surface area contributed by atoms with Crippen LogP contribution in [0.25, 0.3) is 0 Å². The summed E-state index contributed by atoms with van der Waals surface area (Å²) in [5.74, 6) is 0. The maximum absolute atomic E-state index is 10.1. The van der Waals surface area contributed by atoms with Crippen molar-refractivity contribution in [1.82, 2.24) is 0 Å². The van der Waals surface area contributed by atoms with Crippen LogP contribution in [0.15, 0.2) is 48.5 Å². The van der Waals surface area contributed by atoms with Gasteiger partial charge in [-0.25, -0.2) is 14.2 Å². The molecule has 0 radical (unpaired) electrons. The third-order valence-corrected chi connectivity index (χ3v) is 34.7. The minimum atomic E-state index is -2.62. The predicted molar refractivity (Wildman–Crippen MR) is 241 cm³/mol. The van der Waals surface area contributed by atoms with Gasteiger partial charge in [0.15, 0.2) is 16.6 Å². The van der Waals surface area contributed by atoms with E-state index >= 15 is 0 Å². The van der Waals surface area contributed by atoms with Crippen LogP contribution in [0.1, 0.15) is 22.3 Å². The summed E-state index contributed by atoms with van der Waals surface area (Å²) in [6.45, 7) is 33.4. The summed E-state index contributed by atoms with van der Waals surface area (Å²) in [5, 5.41) is 0. The molecule has 2 aromatic carbocycles. The Balaban J connectivity index is 0.00000104. The van der Waals surface area contributed by atoms with Gasteiger partial charge in [-0.05, 0) is 152 Å². The largest absolute Gasteiger partial charge is 0.552 e. The van der Waals surface area contributed by atoms with Crippen LogP contribution in [0.4, 0.5) is 0 Å². The van der Waals surface area contributed by atoms with Crippen LogP contribution in [0.5, 0.6) is 0 Å². The van der Waals surface area contributed by atoms with E-state index in [1.54, 1.807) is 26.2 Å². The number of benzene rings is 2. The van der Waals surface area contributed by atoms with Crippen molar-refractivity contribution in [2.24, 2.45) is 0 Å². The molecule has 0 saturated carbocycles. The van der Waals surface area contributed by atoms with Gasteiger partial charge in [0.05, 0.1) is 0 Å². The second-order valence-corrected chi connectivity index (χ2v) is 47.9. The van der Waals surface area contributed by atoms with Crippen LogP contribution in [-0.4, -0.2) is 77.6 Å². The average Bonchev–Trinajstić information content (AvgIpc) is 2.92. The Hall–Kier alpha value is -1.22. The first-order valence-electron chi connectivity index (χ1n) is 18.8. The second kappa shape index (κ2) is 21.7. The molecule has 2 N–H and O–H groups in total. The van der Waals surface area contributed by atoms with Crippen LogP contribution in [0.3, 0.4) is 0 Å². The molecule has 0 bridgehead atoms. The quantitative estimate of drug-likeness (QED) is 0.0873. The Bertz CT molecular complexity index is 1280. The van der Waals surface area contributed by atoms with Gasteiger partial charge in [-0.2, -0.15) is 0 Å². The fourth-order valence-corrected chi connectivity index (χ4v) is 41.1. The summed E-state index contributed by atoms with van der Waals surface area (Å²) < 4.78 is 47.5. The summed E-state index contributed by atoms with van der Waals surface area (Å²) in [5.41, 5.74) is 4.87. The maximum Gasteiger partial charge on any atom is 0.320 e. The van der Waals surface area contributed by atoms with Gasteiger partial charge >= 0.3 is 51.4 Å². The Labute approximate surface area is 338 Å². The SMILES string of the molecule is [CH2-]OCc1ccc(CC[Si](C)(C)O[Si](C)(C)O[Si](C)(C)O[Si](C)(C)O)cc1.[CH2-]OCc1ccc(CC[Si](C)(C)O[Si](C)(C)O[Si](C)(C)O[Si](C)(C)O)cc1.[Rf]. The molecule has 0 fully saturated rings. The van der Waals surface area contributed by atoms with Crippen molar-refractivity contribution < 1.29 is 43.8 Å². The van der Waals surface area contributed by atoms with Gasteiger partial charge in [0.2, 0.25) is 0 Å². The zero-order valence-electron chi connectivity index (χ0n) is 37.1. The second-order valence-electron chi connectivity index (χ2n) is 18.0. The average molecular weight is 1160 g/mol. The van der Waals surface area contributed by atoms with Crippen LogP contribution >= 0.6 is 0 Å². The van der Waals surface area contributed by atoms with Crippen molar-refractivity contribution in [2.45, 2.75) is 143 Å². The van der Waals surface area contributed by atoms with Gasteiger partial charge in [-0.3, -0.25) is 0 Å². The zero-order chi connectivity index (χ0) is 41.9. The molecular formula is C36H74O10RfSi8-2. The maximum atomic E-state index is 10.1. The molecule has 0 saturated heterocycles. The molecule has 10 nitrogen and oxygen atoms in total. The van der Waals surface area contributed by atoms with Gasteiger partial charge in [0.1, 0.15) is 0 Å². The summed E-state index contributed by atoms with van der Waals surface area (Å²) in [7, 11) is -11.7. The molecule has 0 aliphatic heterocycles. The Kier molecular flexibility index (Phi) is 21.2. The zero-order valence-corrected chi connectivity index (χ0v) is 51.5. The first-order chi connectivity index (χ1) is 24.3. The van der Waals surface area contributed by atoms with E-state index in [-0.39, 0.29) is 0 Å². The topological polar surface area (TPSA) is 114 Å². The molecule has 2 aromatic rings. The Morgan fingerprint density at radius 1 is 0.400 bits per heavy atom. The van der Waals surface area contributed by atoms with Crippen molar-refractivity contribution in [3.8, 4) is 0 Å². The molecule has 55 heavy (non-hydrogen) atoms. The van der Waals surface area contributed by atoms with E-state index in [0.717, 1.165) is 36.1 Å². The molecule has 0 aliphatic carbocycles. The molecular weight excluding hydrogens is 1080 g/mol. The minimum Gasteiger partial charge on any atom is -0.552 e. The van der Waals surface area contributed by atoms with Crippen LogP contribution in [0, 0.1) is 14.2 Å². The molecule has 314 valence electrons. The Morgan fingerprint density at radius 3 is 0.873 bits per heavy atom. The fraction of sp³-hybridized carbons (Fsp3) is 0.611. The smallest absolute Gasteiger partial charge is 0.320 e. The molecule has 0 aromatic heterocycles. The summed E-state index contributed by atoms with van der Waals surface area (Å²) in [6, 6.07) is 19.0. The van der Waals surface area contributed by atoms with Gasteiger partial charge in [-0.15, -0.1) is 0 Å². The molecule has 0 heterocycles. The standard InChI is InChI=1S/2C18H37O5Si4.Rf/c2*1-20-16-18-12-10-17(11-13-18)14-15-24(2,3)21-26(6,7)23-27(8,9)22-25(4,5)19;/h2*10-13,19H,1,14-16H2,2-9H3;/q2*-1;. The van der Waals surface area contributed by atoms with Crippen LogP contribution in [0.2, 0.25) is 117 Å². The van der Waals surface area contributed by atoms with Gasteiger partial charge in [-0.1, -0.05) is 48.5 Å². The molecule has 0 unspecified atom stereocenters. The number of hydrogen-bond donors (Lipinski definition) is 2. The van der Waals surface area contributed by atoms with E-state index in [1.807, 2.05) is 26.2 Å². The van der Waals surface area contributed by atoms with Crippen LogP contribution in [-0.2, 0) is 60.2 Å². The van der Waals surface area contributed by atoms with E-state index in [0.29, 0.717) is 13.2 Å². The molecule has 0 atom stereocenters. The van der Waals surface area contributed by atoms with Crippen molar-refractivity contribution >= 4 is 68.0 Å². The van der Waals surface area contributed by atoms with E-state index in [4.69, 9.17) is 34.2 Å².